The minimum absolute atomic E-state index is 0.00862. The topological polar surface area (TPSA) is 175 Å². The van der Waals surface area contributed by atoms with Gasteiger partial charge in [0.2, 0.25) is 0 Å². The molecule has 1 saturated heterocycles. The average Bonchev–Trinajstić information content (AvgIpc) is 3.70. The minimum atomic E-state index is -1.28. The Hall–Kier alpha value is -3.94. The van der Waals surface area contributed by atoms with Crippen molar-refractivity contribution >= 4 is 38.5 Å². The Morgan fingerprint density at radius 2 is 1.98 bits per heavy atom. The van der Waals surface area contributed by atoms with Crippen LogP contribution in [0.25, 0.3) is 11.0 Å². The van der Waals surface area contributed by atoms with Crippen LogP contribution in [0.5, 0.6) is 11.5 Å². The third-order valence-electron chi connectivity index (χ3n) is 10.4. The molecule has 6 atom stereocenters. The van der Waals surface area contributed by atoms with Gasteiger partial charge in [0.15, 0.2) is 22.2 Å². The zero-order chi connectivity index (χ0) is 33.6. The molecule has 7 N–H and O–H groups in total. The van der Waals surface area contributed by atoms with Crippen LogP contribution in [0.1, 0.15) is 44.4 Å². The van der Waals surface area contributed by atoms with Crippen LogP contribution in [0.3, 0.4) is 0 Å². The molecule has 7 heterocycles. The van der Waals surface area contributed by atoms with Crippen molar-refractivity contribution in [2.75, 3.05) is 12.3 Å². The van der Waals surface area contributed by atoms with E-state index in [4.69, 9.17) is 30.1 Å². The molecule has 1 spiro atoms. The van der Waals surface area contributed by atoms with Crippen LogP contribution in [0, 0.1) is 6.92 Å². The van der Waals surface area contributed by atoms with Gasteiger partial charge >= 0.3 is 5.97 Å². The minimum Gasteiger partial charge on any atom is -0.507 e. The highest BCUT2D eigenvalue weighted by Crippen LogP contribution is 2.54. The van der Waals surface area contributed by atoms with Gasteiger partial charge in [-0.15, -0.1) is 0 Å². The quantitative estimate of drug-likeness (QED) is 0.117. The Bertz CT molecular complexity index is 1980. The molecule has 4 bridgehead atoms. The number of epoxide rings is 1. The van der Waals surface area contributed by atoms with Crippen molar-refractivity contribution in [2.45, 2.75) is 80.7 Å². The molecule has 0 saturated carbocycles. The van der Waals surface area contributed by atoms with Gasteiger partial charge in [-0.05, 0) is 56.9 Å². The first-order valence-electron chi connectivity index (χ1n) is 16.1. The lowest BCUT2D eigenvalue weighted by Gasteiger charge is -2.52. The third-order valence-corrected chi connectivity index (χ3v) is 13.0. The van der Waals surface area contributed by atoms with Gasteiger partial charge in [-0.3, -0.25) is 4.79 Å². The molecule has 252 valence electrons. The number of carbonyl (C=O) groups is 1. The summed E-state index contributed by atoms with van der Waals surface area (Å²) in [6.07, 6.45) is 11.7. The predicted molar refractivity (Wildman–Crippen MR) is 185 cm³/mol. The van der Waals surface area contributed by atoms with E-state index in [1.54, 1.807) is 41.5 Å². The standard InChI is InChI=1S/C35H38N4O7S2/c1-17-10-24(40)29-26(43-17)13-25-21(30(29)41)15-35-8-6-19(14-33(35,2)44-25)48-47-16-22-20(7-9-38-31(22)37)23-11-18(12-28(36)39-23)4-5-27-34(3,45-27)32(42)46-35/h6-8,10-13,19,23,27,38-39,41H,4-5,9,14-16,36-37H2,1-3H3. The third kappa shape index (κ3) is 5.00. The molecule has 7 aliphatic rings. The van der Waals surface area contributed by atoms with Crippen LogP contribution in [-0.4, -0.2) is 57.6 Å². The molecule has 6 aliphatic heterocycles. The monoisotopic (exact) mass is 690 g/mol. The number of phenolic OH excluding ortho intramolecular Hbond substituents is 1. The molecule has 48 heavy (non-hydrogen) atoms. The summed E-state index contributed by atoms with van der Waals surface area (Å²) in [5.41, 5.74) is 12.9. The smallest absolute Gasteiger partial charge is 0.341 e. The molecular weight excluding hydrogens is 653 g/mol. The highest BCUT2D eigenvalue weighted by Gasteiger charge is 2.64. The zero-order valence-corrected chi connectivity index (χ0v) is 28.5. The van der Waals surface area contributed by atoms with Crippen molar-refractivity contribution in [3.63, 3.8) is 0 Å². The Morgan fingerprint density at radius 1 is 1.15 bits per heavy atom. The first-order chi connectivity index (χ1) is 22.9. The van der Waals surface area contributed by atoms with Gasteiger partial charge in [0, 0.05) is 53.7 Å². The van der Waals surface area contributed by atoms with Gasteiger partial charge in [0.05, 0.1) is 18.0 Å². The molecule has 0 radical (unpaired) electrons. The number of rotatable bonds is 0. The van der Waals surface area contributed by atoms with Crippen molar-refractivity contribution in [1.29, 1.82) is 0 Å². The van der Waals surface area contributed by atoms with E-state index in [2.05, 4.69) is 22.8 Å². The van der Waals surface area contributed by atoms with E-state index in [1.807, 2.05) is 25.2 Å². The fraction of sp³-hybridized carbons (Fsp3) is 0.429. The van der Waals surface area contributed by atoms with E-state index < -0.39 is 22.8 Å². The number of fused-ring (bicyclic) bond motifs is 6. The number of aryl methyl sites for hydroxylation is 1. The second-order valence-corrected chi connectivity index (χ2v) is 16.3. The predicted octanol–water partition coefficient (Wildman–Crippen LogP) is 3.84. The highest BCUT2D eigenvalue weighted by molar-refractivity contribution is 8.77. The van der Waals surface area contributed by atoms with Gasteiger partial charge in [-0.1, -0.05) is 39.8 Å². The second-order valence-electron chi connectivity index (χ2n) is 13.7. The number of nitrogens with two attached hydrogens (primary N) is 2. The molecule has 0 amide bonds. The second kappa shape index (κ2) is 11.0. The van der Waals surface area contributed by atoms with Crippen LogP contribution in [0.2, 0.25) is 0 Å². The van der Waals surface area contributed by atoms with Gasteiger partial charge in [-0.2, -0.15) is 0 Å². The zero-order valence-electron chi connectivity index (χ0n) is 26.9. The van der Waals surface area contributed by atoms with Crippen LogP contribution < -0.4 is 32.3 Å². The molecule has 1 aromatic carbocycles. The summed E-state index contributed by atoms with van der Waals surface area (Å²) in [7, 11) is 3.38. The molecule has 1 aliphatic carbocycles. The first-order valence-corrected chi connectivity index (χ1v) is 18.5. The Morgan fingerprint density at radius 3 is 2.81 bits per heavy atom. The Kier molecular flexibility index (Phi) is 7.21. The van der Waals surface area contributed by atoms with Crippen molar-refractivity contribution in [2.24, 2.45) is 11.5 Å². The molecule has 6 unspecified atom stereocenters. The maximum Gasteiger partial charge on any atom is 0.341 e. The summed E-state index contributed by atoms with van der Waals surface area (Å²) in [6, 6.07) is 2.87. The molecular formula is C35H38N4O7S2. The summed E-state index contributed by atoms with van der Waals surface area (Å²) in [4.78, 5) is 27.0. The van der Waals surface area contributed by atoms with Gasteiger partial charge in [0.1, 0.15) is 34.0 Å². The summed E-state index contributed by atoms with van der Waals surface area (Å²) >= 11 is 0. The number of allylic oxidation sites excluding steroid dienone is 2. The van der Waals surface area contributed by atoms with Gasteiger partial charge in [0.25, 0.3) is 0 Å². The van der Waals surface area contributed by atoms with Crippen LogP contribution in [0.15, 0.2) is 80.1 Å². The number of dihydropyridines is 2. The van der Waals surface area contributed by atoms with Crippen LogP contribution >= 0.6 is 21.6 Å². The van der Waals surface area contributed by atoms with E-state index in [0.29, 0.717) is 60.3 Å². The number of hydrogen-bond donors (Lipinski definition) is 5. The highest BCUT2D eigenvalue weighted by atomic mass is 33.1. The number of benzene rings is 1. The lowest BCUT2D eigenvalue weighted by atomic mass is 9.70. The van der Waals surface area contributed by atoms with E-state index in [9.17, 15) is 14.7 Å². The number of ether oxygens (including phenoxy) is 3. The van der Waals surface area contributed by atoms with E-state index in [-0.39, 0.29) is 46.0 Å². The summed E-state index contributed by atoms with van der Waals surface area (Å²) in [6.45, 7) is 6.01. The fourth-order valence-electron chi connectivity index (χ4n) is 7.59. The lowest BCUT2D eigenvalue weighted by molar-refractivity contribution is -0.186. The molecule has 1 aromatic heterocycles. The van der Waals surface area contributed by atoms with E-state index >= 15 is 0 Å². The summed E-state index contributed by atoms with van der Waals surface area (Å²) < 4.78 is 25.1. The van der Waals surface area contributed by atoms with Gasteiger partial charge in [-0.25, -0.2) is 4.79 Å². The van der Waals surface area contributed by atoms with Crippen molar-refractivity contribution in [3.8, 4) is 11.5 Å². The SMILES string of the molecule is Cc1cc(=O)c2c(O)c3c(cc2o1)OC1(C)CC2C=CC1(C3)OC(=O)C1(C)OC1CCC1=CC(NC(N)=C1)C1=CCNC(N)=C1CSS2. The number of hydrogen-bond acceptors (Lipinski definition) is 13. The molecule has 9 rings (SSSR count). The molecule has 2 aromatic rings. The molecule has 11 nitrogen and oxygen atoms in total. The number of esters is 1. The summed E-state index contributed by atoms with van der Waals surface area (Å²) in [5.74, 6) is 1.97. The average molecular weight is 691 g/mol. The molecule has 13 heteroatoms. The Balaban J connectivity index is 1.18. The van der Waals surface area contributed by atoms with Crippen LogP contribution in [0.4, 0.5) is 0 Å². The lowest BCUT2D eigenvalue weighted by Crippen LogP contribution is -2.64. The number of aromatic hydroxyl groups is 1. The van der Waals surface area contributed by atoms with E-state index in [0.717, 1.165) is 16.7 Å². The Labute approximate surface area is 285 Å². The van der Waals surface area contributed by atoms with Crippen molar-refractivity contribution < 1.29 is 28.5 Å². The van der Waals surface area contributed by atoms with Crippen LogP contribution in [-0.2, 0) is 20.7 Å². The normalized spacial score (nSPS) is 34.3. The first kappa shape index (κ1) is 31.3. The van der Waals surface area contributed by atoms with Crippen molar-refractivity contribution in [1.82, 2.24) is 10.6 Å². The van der Waals surface area contributed by atoms with E-state index in [1.165, 1.54) is 6.07 Å². The largest absolute Gasteiger partial charge is 0.507 e. The van der Waals surface area contributed by atoms with Gasteiger partial charge < -0.3 is 45.8 Å². The maximum atomic E-state index is 14.0. The molecule has 1 fully saturated rings. The number of carbonyl (C=O) groups excluding carboxylic acids is 1. The number of phenols is 1. The fourth-order valence-corrected chi connectivity index (χ4v) is 10.3. The maximum absolute atomic E-state index is 14.0. The number of nitrogens with one attached hydrogen (secondary N) is 2. The summed E-state index contributed by atoms with van der Waals surface area (Å²) in [5, 5.41) is 18.2. The van der Waals surface area contributed by atoms with Crippen molar-refractivity contribution in [3.05, 3.63) is 92.4 Å².